The molecule has 0 aliphatic rings. The highest BCUT2D eigenvalue weighted by molar-refractivity contribution is 6.32. The largest absolute Gasteiger partial charge is 0.415 e. The average molecular weight is 441 g/mol. The van der Waals surface area contributed by atoms with E-state index in [1.807, 2.05) is 13.8 Å². The van der Waals surface area contributed by atoms with Crippen molar-refractivity contribution < 1.29 is 23.0 Å². The first-order valence-electron chi connectivity index (χ1n) is 8.77. The van der Waals surface area contributed by atoms with Gasteiger partial charge in [-0.15, -0.1) is 0 Å². The number of alkyl halides is 2. The Bertz CT molecular complexity index is 1090. The summed E-state index contributed by atoms with van der Waals surface area (Å²) in [6, 6.07) is 0.664. The van der Waals surface area contributed by atoms with Crippen LogP contribution in [0.2, 0.25) is 5.02 Å². The van der Waals surface area contributed by atoms with E-state index in [0.717, 1.165) is 5.69 Å². The van der Waals surface area contributed by atoms with Gasteiger partial charge >= 0.3 is 12.6 Å². The molecule has 0 bridgehead atoms. The summed E-state index contributed by atoms with van der Waals surface area (Å²) in [5, 5.41) is 9.36. The van der Waals surface area contributed by atoms with E-state index in [1.165, 1.54) is 19.2 Å². The molecule has 1 atom stereocenters. The molecule has 3 aromatic rings. The third kappa shape index (κ3) is 4.57. The molecule has 0 spiro atoms. The Labute approximate surface area is 175 Å². The molecule has 0 aliphatic carbocycles. The standard InChI is InChI=1S/C18H19ClF2N6O3/c1-8-7-27-15(23-8)14(10(3)29-4)13(6-22-27)26-18(28)25-12-5-11(19)16(24-9(12)2)30-17(20)21/h5-7,10,17H,1-4H3,(H2,25,26,28)/t10-/m0/s1. The monoisotopic (exact) mass is 440 g/mol. The molecular weight excluding hydrogens is 422 g/mol. The molecular formula is C18H19ClF2N6O3. The molecule has 3 rings (SSSR count). The first-order valence-corrected chi connectivity index (χ1v) is 9.15. The number of halogens is 3. The molecule has 0 radical (unpaired) electrons. The maximum absolute atomic E-state index is 12.6. The van der Waals surface area contributed by atoms with Gasteiger partial charge < -0.3 is 20.1 Å². The molecule has 0 saturated heterocycles. The van der Waals surface area contributed by atoms with Crippen molar-refractivity contribution in [3.8, 4) is 5.88 Å². The topological polar surface area (TPSA) is 103 Å². The van der Waals surface area contributed by atoms with E-state index in [0.29, 0.717) is 16.9 Å². The number of rotatable bonds is 6. The Balaban J connectivity index is 1.86. The number of ether oxygens (including phenoxy) is 2. The van der Waals surface area contributed by atoms with E-state index in [9.17, 15) is 13.6 Å². The lowest BCUT2D eigenvalue weighted by atomic mass is 10.1. The van der Waals surface area contributed by atoms with Crippen LogP contribution in [-0.4, -0.2) is 39.3 Å². The smallest absolute Gasteiger partial charge is 0.388 e. The highest BCUT2D eigenvalue weighted by Gasteiger charge is 2.20. The van der Waals surface area contributed by atoms with E-state index in [-0.39, 0.29) is 22.5 Å². The Morgan fingerprint density at radius 1 is 1.23 bits per heavy atom. The van der Waals surface area contributed by atoms with Crippen molar-refractivity contribution in [2.24, 2.45) is 0 Å². The fourth-order valence-corrected chi connectivity index (χ4v) is 3.01. The Morgan fingerprint density at radius 2 is 1.93 bits per heavy atom. The van der Waals surface area contributed by atoms with Gasteiger partial charge in [0.1, 0.15) is 5.02 Å². The van der Waals surface area contributed by atoms with Crippen LogP contribution in [0, 0.1) is 13.8 Å². The first-order chi connectivity index (χ1) is 14.2. The second kappa shape index (κ2) is 8.76. The Kier molecular flexibility index (Phi) is 6.32. The lowest BCUT2D eigenvalue weighted by Gasteiger charge is -2.17. The number of nitrogens with one attached hydrogen (secondary N) is 2. The zero-order valence-electron chi connectivity index (χ0n) is 16.5. The highest BCUT2D eigenvalue weighted by Crippen LogP contribution is 2.30. The van der Waals surface area contributed by atoms with Crippen LogP contribution in [-0.2, 0) is 4.74 Å². The van der Waals surface area contributed by atoms with E-state index in [1.54, 1.807) is 17.8 Å². The minimum absolute atomic E-state index is 0.166. The van der Waals surface area contributed by atoms with Crippen molar-refractivity contribution in [2.75, 3.05) is 17.7 Å². The zero-order valence-corrected chi connectivity index (χ0v) is 17.3. The van der Waals surface area contributed by atoms with Crippen LogP contribution >= 0.6 is 11.6 Å². The fourth-order valence-electron chi connectivity index (χ4n) is 2.81. The number of methoxy groups -OCH3 is 1. The summed E-state index contributed by atoms with van der Waals surface area (Å²) in [6.07, 6.45) is 2.86. The van der Waals surface area contributed by atoms with Crippen molar-refractivity contribution in [3.63, 3.8) is 0 Å². The molecule has 0 fully saturated rings. The number of hydrogen-bond donors (Lipinski definition) is 2. The fraction of sp³-hybridized carbons (Fsp3) is 0.333. The van der Waals surface area contributed by atoms with Gasteiger partial charge in [0.25, 0.3) is 0 Å². The molecule has 0 aromatic carbocycles. The number of aromatic nitrogens is 4. The van der Waals surface area contributed by atoms with Crippen molar-refractivity contribution in [3.05, 3.63) is 40.4 Å². The average Bonchev–Trinajstić information content (AvgIpc) is 3.04. The molecule has 30 heavy (non-hydrogen) atoms. The molecule has 12 heteroatoms. The van der Waals surface area contributed by atoms with Crippen molar-refractivity contribution in [1.82, 2.24) is 19.6 Å². The summed E-state index contributed by atoms with van der Waals surface area (Å²) in [4.78, 5) is 20.9. The summed E-state index contributed by atoms with van der Waals surface area (Å²) in [6.45, 7) is 2.10. The van der Waals surface area contributed by atoms with Gasteiger partial charge in [0.05, 0.1) is 46.8 Å². The lowest BCUT2D eigenvalue weighted by molar-refractivity contribution is -0.0528. The van der Waals surface area contributed by atoms with Crippen molar-refractivity contribution in [2.45, 2.75) is 33.5 Å². The van der Waals surface area contributed by atoms with E-state index >= 15 is 0 Å². The first kappa shape index (κ1) is 21.7. The maximum Gasteiger partial charge on any atom is 0.388 e. The van der Waals surface area contributed by atoms with Gasteiger partial charge in [-0.05, 0) is 26.8 Å². The number of aryl methyl sites for hydroxylation is 2. The van der Waals surface area contributed by atoms with Crippen LogP contribution < -0.4 is 15.4 Å². The number of hydrogen-bond acceptors (Lipinski definition) is 6. The maximum atomic E-state index is 12.6. The van der Waals surface area contributed by atoms with Gasteiger partial charge in [0.2, 0.25) is 5.88 Å². The quantitative estimate of drug-likeness (QED) is 0.590. The summed E-state index contributed by atoms with van der Waals surface area (Å²) >= 11 is 5.91. The van der Waals surface area contributed by atoms with Crippen LogP contribution in [0.25, 0.3) is 5.65 Å². The molecule has 0 saturated carbocycles. The number of nitrogens with zero attached hydrogens (tertiary/aromatic N) is 4. The van der Waals surface area contributed by atoms with Crippen LogP contribution in [0.4, 0.5) is 25.0 Å². The second-order valence-electron chi connectivity index (χ2n) is 6.37. The third-order valence-corrected chi connectivity index (χ3v) is 4.51. The molecule has 2 N–H and O–H groups in total. The third-order valence-electron chi connectivity index (χ3n) is 4.24. The second-order valence-corrected chi connectivity index (χ2v) is 6.77. The number of urea groups is 1. The minimum atomic E-state index is -3.06. The van der Waals surface area contributed by atoms with Gasteiger partial charge in [-0.3, -0.25) is 0 Å². The normalized spacial score (nSPS) is 12.3. The lowest BCUT2D eigenvalue weighted by Crippen LogP contribution is -2.22. The molecule has 3 aromatic heterocycles. The molecule has 9 nitrogen and oxygen atoms in total. The van der Waals surface area contributed by atoms with Gasteiger partial charge in [-0.25, -0.2) is 19.3 Å². The van der Waals surface area contributed by atoms with Crippen molar-refractivity contribution in [1.29, 1.82) is 0 Å². The highest BCUT2D eigenvalue weighted by atomic mass is 35.5. The number of amides is 2. The number of pyridine rings is 1. The van der Waals surface area contributed by atoms with Crippen LogP contribution in [0.1, 0.15) is 30.0 Å². The van der Waals surface area contributed by atoms with Crippen LogP contribution in [0.3, 0.4) is 0 Å². The van der Waals surface area contributed by atoms with Crippen LogP contribution in [0.5, 0.6) is 5.88 Å². The zero-order chi connectivity index (χ0) is 22.0. The number of carbonyl (C=O) groups excluding carboxylic acids is 1. The SMILES string of the molecule is CO[C@@H](C)c1c(NC(=O)Nc2cc(Cl)c(OC(F)F)nc2C)cnn2cc(C)nc12. The molecule has 2 amide bonds. The van der Waals surface area contributed by atoms with E-state index < -0.39 is 18.5 Å². The van der Waals surface area contributed by atoms with Crippen LogP contribution in [0.15, 0.2) is 18.5 Å². The number of imidazole rings is 1. The summed E-state index contributed by atoms with van der Waals surface area (Å²) in [5.41, 5.74) is 2.82. The Morgan fingerprint density at radius 3 is 2.60 bits per heavy atom. The van der Waals surface area contributed by atoms with Gasteiger partial charge in [-0.1, -0.05) is 11.6 Å². The predicted molar refractivity (Wildman–Crippen MR) is 106 cm³/mol. The molecule has 160 valence electrons. The molecule has 3 heterocycles. The summed E-state index contributed by atoms with van der Waals surface area (Å²) in [5.74, 6) is -0.421. The Hall–Kier alpha value is -3.05. The van der Waals surface area contributed by atoms with Gasteiger partial charge in [0, 0.05) is 7.11 Å². The minimum Gasteiger partial charge on any atom is -0.415 e. The van der Waals surface area contributed by atoms with Gasteiger partial charge in [-0.2, -0.15) is 13.9 Å². The van der Waals surface area contributed by atoms with Gasteiger partial charge in [0.15, 0.2) is 5.65 Å². The number of anilines is 2. The molecule has 0 aliphatic heterocycles. The van der Waals surface area contributed by atoms with Crippen molar-refractivity contribution >= 4 is 34.7 Å². The molecule has 0 unspecified atom stereocenters. The number of carbonyl (C=O) groups is 1. The van der Waals surface area contributed by atoms with E-state index in [4.69, 9.17) is 16.3 Å². The van der Waals surface area contributed by atoms with E-state index in [2.05, 4.69) is 30.4 Å². The number of fused-ring (bicyclic) bond motifs is 1. The summed E-state index contributed by atoms with van der Waals surface area (Å²) in [7, 11) is 1.54. The summed E-state index contributed by atoms with van der Waals surface area (Å²) < 4.78 is 36.1. The predicted octanol–water partition coefficient (Wildman–Crippen LogP) is 4.35.